The summed E-state index contributed by atoms with van der Waals surface area (Å²) in [7, 11) is 0. The summed E-state index contributed by atoms with van der Waals surface area (Å²) in [4.78, 5) is 43.1. The van der Waals surface area contributed by atoms with Crippen molar-refractivity contribution in [2.24, 2.45) is 11.3 Å². The first-order valence-electron chi connectivity index (χ1n) is 16.3. The fourth-order valence-electron chi connectivity index (χ4n) is 6.98. The molecule has 0 bridgehead atoms. The van der Waals surface area contributed by atoms with Crippen LogP contribution in [0.2, 0.25) is 0 Å². The third-order valence-electron chi connectivity index (χ3n) is 9.12. The van der Waals surface area contributed by atoms with Gasteiger partial charge in [-0.1, -0.05) is 0 Å². The fraction of sp³-hybridized carbons (Fsp3) is 0.647. The van der Waals surface area contributed by atoms with Gasteiger partial charge in [-0.25, -0.2) is 19.2 Å². The van der Waals surface area contributed by atoms with Crippen molar-refractivity contribution < 1.29 is 23.5 Å². The van der Waals surface area contributed by atoms with Crippen LogP contribution in [-0.4, -0.2) is 100 Å². The molecule has 1 atom stereocenters. The number of aromatic nitrogens is 2. The number of piperidine rings is 1. The highest BCUT2D eigenvalue weighted by atomic mass is 19.1. The second kappa shape index (κ2) is 13.1. The summed E-state index contributed by atoms with van der Waals surface area (Å²) in [6, 6.07) is 3.93. The molecule has 0 unspecified atom stereocenters. The Morgan fingerprint density at radius 2 is 1.76 bits per heavy atom. The van der Waals surface area contributed by atoms with Crippen molar-refractivity contribution >= 4 is 17.8 Å². The largest absolute Gasteiger partial charge is 0.451 e. The lowest BCUT2D eigenvalue weighted by atomic mass is 9.72. The molecule has 1 spiro atoms. The number of carbonyl (C=O) groups excluding carboxylic acids is 2. The van der Waals surface area contributed by atoms with Gasteiger partial charge in [0.1, 0.15) is 23.5 Å². The quantitative estimate of drug-likeness (QED) is 0.363. The molecule has 0 radical (unpaired) electrons. The third kappa shape index (κ3) is 7.68. The molecule has 2 aromatic rings. The first-order valence-corrected chi connectivity index (χ1v) is 16.3. The van der Waals surface area contributed by atoms with Crippen LogP contribution in [0.1, 0.15) is 78.1 Å². The maximum absolute atomic E-state index is 14.3. The van der Waals surface area contributed by atoms with Gasteiger partial charge in [-0.3, -0.25) is 4.79 Å². The zero-order valence-electron chi connectivity index (χ0n) is 27.9. The third-order valence-corrected chi connectivity index (χ3v) is 9.12. The molecule has 3 aliphatic heterocycles. The van der Waals surface area contributed by atoms with E-state index in [9.17, 15) is 14.0 Å². The molecule has 11 heteroatoms. The fourth-order valence-corrected chi connectivity index (χ4v) is 6.98. The first-order chi connectivity index (χ1) is 21.2. The molecule has 0 N–H and O–H groups in total. The van der Waals surface area contributed by atoms with Crippen LogP contribution < -0.4 is 9.64 Å². The van der Waals surface area contributed by atoms with Crippen LogP contribution in [0.15, 0.2) is 30.7 Å². The van der Waals surface area contributed by atoms with E-state index in [1.165, 1.54) is 24.5 Å². The minimum atomic E-state index is -0.493. The number of nitrogens with zero attached hydrogens (tertiary/aromatic N) is 6. The van der Waals surface area contributed by atoms with Gasteiger partial charge in [-0.15, -0.1) is 0 Å². The molecule has 3 saturated heterocycles. The molecule has 5 rings (SSSR count). The number of halogens is 1. The molecule has 3 fully saturated rings. The Hall–Kier alpha value is -3.47. The van der Waals surface area contributed by atoms with E-state index in [-0.39, 0.29) is 40.8 Å². The van der Waals surface area contributed by atoms with E-state index in [1.54, 1.807) is 11.1 Å². The van der Waals surface area contributed by atoms with E-state index >= 15 is 0 Å². The van der Waals surface area contributed by atoms with Crippen LogP contribution in [0.5, 0.6) is 11.5 Å². The number of rotatable bonds is 8. The number of amides is 2. The summed E-state index contributed by atoms with van der Waals surface area (Å²) < 4.78 is 26.2. The molecule has 246 valence electrons. The van der Waals surface area contributed by atoms with Crippen molar-refractivity contribution in [1.82, 2.24) is 24.7 Å². The second-order valence-electron chi connectivity index (χ2n) is 14.6. The SMILES string of the molecule is CC(C)N(C(=O)c1cc(F)ccc1Oc1cncnc1N1CC2(CCN(C[C@H]3CCN(C(=O)OC(C)(C)C)C3)CC2)C1)C(C)C. The standard InChI is InChI=1S/C34H49FN6O4/c1-23(2)41(24(3)4)31(42)27-16-26(35)8-9-28(27)44-29-17-36-22-37-30(29)40-20-34(21-40)11-14-38(15-12-34)18-25-10-13-39(19-25)32(43)45-33(5,6)7/h8-9,16-17,22-25H,10-15,18-21H2,1-7H3/t25-/m1/s1. The van der Waals surface area contributed by atoms with E-state index in [1.807, 2.05) is 53.4 Å². The van der Waals surface area contributed by atoms with E-state index in [0.717, 1.165) is 65.1 Å². The normalized spacial score (nSPS) is 20.1. The summed E-state index contributed by atoms with van der Waals surface area (Å²) in [5, 5.41) is 0. The Morgan fingerprint density at radius 3 is 2.40 bits per heavy atom. The minimum Gasteiger partial charge on any atom is -0.451 e. The average molecular weight is 625 g/mol. The van der Waals surface area contributed by atoms with E-state index < -0.39 is 11.4 Å². The lowest BCUT2D eigenvalue weighted by Crippen LogP contribution is -2.61. The predicted molar refractivity (Wildman–Crippen MR) is 171 cm³/mol. The highest BCUT2D eigenvalue weighted by Gasteiger charge is 2.46. The zero-order chi connectivity index (χ0) is 32.5. The number of hydrogen-bond donors (Lipinski definition) is 0. The molecular weight excluding hydrogens is 575 g/mol. The number of carbonyl (C=O) groups is 2. The summed E-state index contributed by atoms with van der Waals surface area (Å²) in [6.07, 6.45) is 6.13. The average Bonchev–Trinajstić information content (AvgIpc) is 3.41. The highest BCUT2D eigenvalue weighted by Crippen LogP contribution is 2.45. The van der Waals surface area contributed by atoms with Crippen molar-refractivity contribution in [1.29, 1.82) is 0 Å². The molecule has 1 aromatic heterocycles. The van der Waals surface area contributed by atoms with Gasteiger partial charge in [-0.2, -0.15) is 0 Å². The Labute approximate surface area is 266 Å². The lowest BCUT2D eigenvalue weighted by Gasteiger charge is -2.54. The van der Waals surface area contributed by atoms with Gasteiger partial charge in [0, 0.05) is 50.2 Å². The van der Waals surface area contributed by atoms with Gasteiger partial charge >= 0.3 is 6.09 Å². The van der Waals surface area contributed by atoms with Crippen LogP contribution >= 0.6 is 0 Å². The monoisotopic (exact) mass is 624 g/mol. The number of likely N-dealkylation sites (tertiary alicyclic amines) is 2. The molecule has 3 aliphatic rings. The summed E-state index contributed by atoms with van der Waals surface area (Å²) in [5.74, 6) is 1.11. The first kappa shape index (κ1) is 32.9. The summed E-state index contributed by atoms with van der Waals surface area (Å²) >= 11 is 0. The predicted octanol–water partition coefficient (Wildman–Crippen LogP) is 5.83. The molecule has 4 heterocycles. The smallest absolute Gasteiger partial charge is 0.410 e. The van der Waals surface area contributed by atoms with Crippen LogP contribution in [0.25, 0.3) is 0 Å². The van der Waals surface area contributed by atoms with Crippen LogP contribution in [0.4, 0.5) is 15.0 Å². The Bertz CT molecular complexity index is 1350. The summed E-state index contributed by atoms with van der Waals surface area (Å²) in [5.41, 5.74) is -0.0725. The molecular formula is C34H49FN6O4. The van der Waals surface area contributed by atoms with Crippen LogP contribution in [0.3, 0.4) is 0 Å². The molecule has 1 aromatic carbocycles. The zero-order valence-corrected chi connectivity index (χ0v) is 27.9. The number of hydrogen-bond acceptors (Lipinski definition) is 8. The van der Waals surface area contributed by atoms with E-state index in [0.29, 0.717) is 17.5 Å². The minimum absolute atomic E-state index is 0.0574. The molecule has 45 heavy (non-hydrogen) atoms. The highest BCUT2D eigenvalue weighted by molar-refractivity contribution is 5.97. The number of ether oxygens (including phenoxy) is 2. The van der Waals surface area contributed by atoms with Crippen molar-refractivity contribution in [3.05, 3.63) is 42.1 Å². The van der Waals surface area contributed by atoms with Gasteiger partial charge in [0.05, 0.1) is 11.8 Å². The molecule has 2 amide bonds. The van der Waals surface area contributed by atoms with Crippen molar-refractivity contribution in [3.8, 4) is 11.5 Å². The molecule has 0 aliphatic carbocycles. The van der Waals surface area contributed by atoms with Crippen LogP contribution in [0, 0.1) is 17.2 Å². The van der Waals surface area contributed by atoms with Crippen molar-refractivity contribution in [2.75, 3.05) is 50.7 Å². The molecule has 10 nitrogen and oxygen atoms in total. The van der Waals surface area contributed by atoms with Crippen molar-refractivity contribution in [2.45, 2.75) is 85.4 Å². The topological polar surface area (TPSA) is 91.3 Å². The molecule has 0 saturated carbocycles. The van der Waals surface area contributed by atoms with Gasteiger partial charge in [0.2, 0.25) is 0 Å². The van der Waals surface area contributed by atoms with Gasteiger partial charge in [0.25, 0.3) is 5.91 Å². The lowest BCUT2D eigenvalue weighted by molar-refractivity contribution is 0.0279. The Balaban J connectivity index is 1.18. The van der Waals surface area contributed by atoms with Gasteiger partial charge in [-0.05, 0) is 105 Å². The van der Waals surface area contributed by atoms with Gasteiger partial charge < -0.3 is 29.1 Å². The van der Waals surface area contributed by atoms with Crippen LogP contribution in [-0.2, 0) is 4.74 Å². The van der Waals surface area contributed by atoms with Gasteiger partial charge in [0.15, 0.2) is 11.6 Å². The Kier molecular flexibility index (Phi) is 9.58. The Morgan fingerprint density at radius 1 is 1.07 bits per heavy atom. The number of benzene rings is 1. The van der Waals surface area contributed by atoms with E-state index in [4.69, 9.17) is 9.47 Å². The maximum atomic E-state index is 14.3. The maximum Gasteiger partial charge on any atom is 0.410 e. The van der Waals surface area contributed by atoms with E-state index in [2.05, 4.69) is 19.8 Å². The second-order valence-corrected chi connectivity index (χ2v) is 14.6. The number of anilines is 1. The van der Waals surface area contributed by atoms with Crippen molar-refractivity contribution in [3.63, 3.8) is 0 Å². The summed E-state index contributed by atoms with van der Waals surface area (Å²) in [6.45, 7) is 19.8.